The van der Waals surface area contributed by atoms with E-state index in [0.717, 1.165) is 16.2 Å². The number of carbonyl (C=O) groups excluding carboxylic acids is 3. The number of benzene rings is 1. The van der Waals surface area contributed by atoms with Crippen LogP contribution < -0.4 is 10.1 Å². The Kier molecular flexibility index (Phi) is 4.18. The molecular weight excluding hydrogens is 298 g/mol. The molecule has 0 saturated carbocycles. The van der Waals surface area contributed by atoms with Gasteiger partial charge < -0.3 is 15.0 Å². The second kappa shape index (κ2) is 6.28. The largest absolute Gasteiger partial charge is 0.487 e. The van der Waals surface area contributed by atoms with Crippen LogP contribution in [0.5, 0.6) is 5.75 Å². The molecule has 0 radical (unpaired) electrons. The van der Waals surface area contributed by atoms with Crippen LogP contribution in [-0.2, 0) is 9.59 Å². The fraction of sp³-hybridized carbons (Fsp3) is 0.438. The number of amides is 4. The normalized spacial score (nSPS) is 18.5. The monoisotopic (exact) mass is 317 g/mol. The second-order valence-corrected chi connectivity index (χ2v) is 5.82. The van der Waals surface area contributed by atoms with E-state index in [-0.39, 0.29) is 30.9 Å². The van der Waals surface area contributed by atoms with Crippen molar-refractivity contribution in [3.8, 4) is 5.75 Å². The molecule has 2 saturated heterocycles. The summed E-state index contributed by atoms with van der Waals surface area (Å²) >= 11 is 0. The highest BCUT2D eigenvalue weighted by molar-refractivity contribution is 6.00. The van der Waals surface area contributed by atoms with Gasteiger partial charge in [-0.3, -0.25) is 14.5 Å². The van der Waals surface area contributed by atoms with Gasteiger partial charge in [-0.2, -0.15) is 0 Å². The number of rotatable bonds is 4. The Balaban J connectivity index is 1.48. The number of urea groups is 1. The van der Waals surface area contributed by atoms with Gasteiger partial charge in [-0.05, 0) is 24.6 Å². The van der Waals surface area contributed by atoms with Crippen molar-refractivity contribution in [1.82, 2.24) is 15.1 Å². The molecular formula is C16H19N3O4. The molecule has 122 valence electrons. The quantitative estimate of drug-likeness (QED) is 0.878. The number of aryl methyl sites for hydroxylation is 1. The van der Waals surface area contributed by atoms with Crippen LogP contribution >= 0.6 is 0 Å². The zero-order valence-electron chi connectivity index (χ0n) is 12.9. The minimum atomic E-state index is -0.498. The molecule has 0 atom stereocenters. The highest BCUT2D eigenvalue weighted by Gasteiger charge is 2.35. The number of likely N-dealkylation sites (tertiary alicyclic amines) is 1. The third-order valence-corrected chi connectivity index (χ3v) is 3.95. The van der Waals surface area contributed by atoms with Gasteiger partial charge in [-0.1, -0.05) is 12.1 Å². The predicted molar refractivity (Wildman–Crippen MR) is 81.9 cm³/mol. The van der Waals surface area contributed by atoms with E-state index >= 15 is 0 Å². The summed E-state index contributed by atoms with van der Waals surface area (Å²) in [5.74, 6) is 0.238. The minimum Gasteiger partial charge on any atom is -0.487 e. The number of imide groups is 1. The molecule has 0 aromatic heterocycles. The van der Waals surface area contributed by atoms with Crippen molar-refractivity contribution >= 4 is 17.8 Å². The molecule has 0 aliphatic carbocycles. The molecule has 1 N–H and O–H groups in total. The molecule has 1 aromatic rings. The summed E-state index contributed by atoms with van der Waals surface area (Å²) in [5, 5.41) is 2.56. The Labute approximate surface area is 134 Å². The van der Waals surface area contributed by atoms with Gasteiger partial charge in [0.25, 0.3) is 0 Å². The van der Waals surface area contributed by atoms with Crippen LogP contribution in [0.3, 0.4) is 0 Å². The maximum absolute atomic E-state index is 12.1. The summed E-state index contributed by atoms with van der Waals surface area (Å²) in [6.07, 6.45) is 0.185. The SMILES string of the molecule is Cc1cccc(OC2CN(C(=O)CN3C(=O)CCNC3=O)C2)c1. The molecule has 3 rings (SSSR count). The third-order valence-electron chi connectivity index (χ3n) is 3.95. The molecule has 0 spiro atoms. The highest BCUT2D eigenvalue weighted by Crippen LogP contribution is 2.19. The van der Waals surface area contributed by atoms with Crippen LogP contribution in [0.4, 0.5) is 4.79 Å². The maximum Gasteiger partial charge on any atom is 0.324 e. The van der Waals surface area contributed by atoms with Crippen molar-refractivity contribution in [3.05, 3.63) is 29.8 Å². The summed E-state index contributed by atoms with van der Waals surface area (Å²) in [4.78, 5) is 38.0. The predicted octanol–water partition coefficient (Wildman–Crippen LogP) is 0.527. The van der Waals surface area contributed by atoms with Gasteiger partial charge in [0, 0.05) is 13.0 Å². The molecule has 7 heteroatoms. The highest BCUT2D eigenvalue weighted by atomic mass is 16.5. The first-order valence-electron chi connectivity index (χ1n) is 7.62. The molecule has 0 unspecified atom stereocenters. The molecule has 0 bridgehead atoms. The molecule has 2 aliphatic heterocycles. The van der Waals surface area contributed by atoms with E-state index in [2.05, 4.69) is 5.32 Å². The number of ether oxygens (including phenoxy) is 1. The van der Waals surface area contributed by atoms with E-state index in [1.165, 1.54) is 0 Å². The van der Waals surface area contributed by atoms with Crippen LogP contribution in [0, 0.1) is 6.92 Å². The van der Waals surface area contributed by atoms with Crippen LogP contribution in [0.25, 0.3) is 0 Å². The maximum atomic E-state index is 12.1. The van der Waals surface area contributed by atoms with Crippen molar-refractivity contribution < 1.29 is 19.1 Å². The Morgan fingerprint density at radius 3 is 2.83 bits per heavy atom. The van der Waals surface area contributed by atoms with E-state index in [9.17, 15) is 14.4 Å². The van der Waals surface area contributed by atoms with Crippen molar-refractivity contribution in [2.45, 2.75) is 19.4 Å². The minimum absolute atomic E-state index is 0.0494. The van der Waals surface area contributed by atoms with Gasteiger partial charge in [-0.25, -0.2) is 4.79 Å². The van der Waals surface area contributed by atoms with E-state index in [0.29, 0.717) is 19.6 Å². The zero-order chi connectivity index (χ0) is 16.4. The first kappa shape index (κ1) is 15.3. The fourth-order valence-electron chi connectivity index (χ4n) is 2.61. The lowest BCUT2D eigenvalue weighted by Gasteiger charge is -2.40. The number of hydrogen-bond acceptors (Lipinski definition) is 4. The molecule has 2 heterocycles. The van der Waals surface area contributed by atoms with E-state index in [1.54, 1.807) is 4.90 Å². The topological polar surface area (TPSA) is 79.0 Å². The number of nitrogens with one attached hydrogen (secondary N) is 1. The van der Waals surface area contributed by atoms with Crippen molar-refractivity contribution in [1.29, 1.82) is 0 Å². The summed E-state index contributed by atoms with van der Waals surface area (Å²) in [7, 11) is 0. The number of nitrogens with zero attached hydrogens (tertiary/aromatic N) is 2. The number of carbonyl (C=O) groups is 3. The zero-order valence-corrected chi connectivity index (χ0v) is 12.9. The second-order valence-electron chi connectivity index (χ2n) is 5.82. The Morgan fingerprint density at radius 1 is 1.35 bits per heavy atom. The van der Waals surface area contributed by atoms with Gasteiger partial charge in [0.05, 0.1) is 13.1 Å². The molecule has 2 aliphatic rings. The summed E-state index contributed by atoms with van der Waals surface area (Å²) in [6.45, 7) is 3.05. The van der Waals surface area contributed by atoms with Gasteiger partial charge >= 0.3 is 6.03 Å². The van der Waals surface area contributed by atoms with E-state index in [1.807, 2.05) is 31.2 Å². The third kappa shape index (κ3) is 3.44. The molecule has 2 fully saturated rings. The van der Waals surface area contributed by atoms with Crippen LogP contribution in [0.15, 0.2) is 24.3 Å². The van der Waals surface area contributed by atoms with Crippen LogP contribution in [0.1, 0.15) is 12.0 Å². The first-order chi connectivity index (χ1) is 11.0. The fourth-order valence-corrected chi connectivity index (χ4v) is 2.61. The Morgan fingerprint density at radius 2 is 2.13 bits per heavy atom. The Hall–Kier alpha value is -2.57. The average Bonchev–Trinajstić information content (AvgIpc) is 2.46. The van der Waals surface area contributed by atoms with Gasteiger partial charge in [0.2, 0.25) is 11.8 Å². The lowest BCUT2D eigenvalue weighted by atomic mass is 10.1. The number of hydrogen-bond donors (Lipinski definition) is 1. The first-order valence-corrected chi connectivity index (χ1v) is 7.62. The summed E-state index contributed by atoms with van der Waals surface area (Å²) in [5.41, 5.74) is 1.12. The Bertz CT molecular complexity index is 624. The van der Waals surface area contributed by atoms with Gasteiger partial charge in [0.1, 0.15) is 18.4 Å². The van der Waals surface area contributed by atoms with E-state index < -0.39 is 6.03 Å². The van der Waals surface area contributed by atoms with Gasteiger partial charge in [-0.15, -0.1) is 0 Å². The summed E-state index contributed by atoms with van der Waals surface area (Å²) in [6, 6.07) is 7.24. The average molecular weight is 317 g/mol. The van der Waals surface area contributed by atoms with E-state index in [4.69, 9.17) is 4.74 Å². The molecule has 23 heavy (non-hydrogen) atoms. The molecule has 4 amide bonds. The lowest BCUT2D eigenvalue weighted by Crippen LogP contribution is -2.60. The van der Waals surface area contributed by atoms with Crippen molar-refractivity contribution in [2.24, 2.45) is 0 Å². The van der Waals surface area contributed by atoms with Crippen molar-refractivity contribution in [2.75, 3.05) is 26.2 Å². The van der Waals surface area contributed by atoms with Gasteiger partial charge in [0.15, 0.2) is 0 Å². The standard InChI is InChI=1S/C16H19N3O4/c1-11-3-2-4-12(7-11)23-13-8-18(9-13)15(21)10-19-14(20)5-6-17-16(19)22/h2-4,7,13H,5-6,8-10H2,1H3,(H,17,22). The lowest BCUT2D eigenvalue weighted by molar-refractivity contribution is -0.144. The van der Waals surface area contributed by atoms with Crippen LogP contribution in [-0.4, -0.2) is 59.9 Å². The summed E-state index contributed by atoms with van der Waals surface area (Å²) < 4.78 is 5.79. The van der Waals surface area contributed by atoms with Crippen molar-refractivity contribution in [3.63, 3.8) is 0 Å². The van der Waals surface area contributed by atoms with Crippen LogP contribution in [0.2, 0.25) is 0 Å². The smallest absolute Gasteiger partial charge is 0.324 e. The molecule has 1 aromatic carbocycles. The molecule has 7 nitrogen and oxygen atoms in total.